The van der Waals surface area contributed by atoms with Gasteiger partial charge in [-0.15, -0.1) is 0 Å². The lowest BCUT2D eigenvalue weighted by molar-refractivity contribution is -0.125. The molecule has 0 fully saturated rings. The Morgan fingerprint density at radius 2 is 1.88 bits per heavy atom. The first kappa shape index (κ1) is 18.8. The zero-order chi connectivity index (χ0) is 17.1. The number of ether oxygens (including phenoxy) is 1. The van der Waals surface area contributed by atoms with E-state index in [4.69, 9.17) is 4.74 Å². The summed E-state index contributed by atoms with van der Waals surface area (Å²) < 4.78 is 5.17. The molecule has 0 aliphatic carbocycles. The minimum atomic E-state index is -0.00127. The van der Waals surface area contributed by atoms with Crippen LogP contribution in [-0.4, -0.2) is 30.4 Å². The standard InChI is InChI=1S/C19H21N3O2.ClH/c1-13-4-5-14(2)17(10-13)21-19-20-11-18(23)22(19)12-15-6-8-16(24-3)9-7-15;/h4-10H,11-12H2,1-3H3,(H,20,21);1H/p-1. The topological polar surface area (TPSA) is 53.9 Å². The fourth-order valence-corrected chi connectivity index (χ4v) is 2.61. The average molecular weight is 359 g/mol. The van der Waals surface area contributed by atoms with E-state index in [-0.39, 0.29) is 24.9 Å². The molecule has 1 amide bonds. The van der Waals surface area contributed by atoms with Crippen LogP contribution in [0.2, 0.25) is 0 Å². The van der Waals surface area contributed by atoms with Gasteiger partial charge in [0.15, 0.2) is 0 Å². The second kappa shape index (κ2) is 8.03. The minimum absolute atomic E-state index is 0. The van der Waals surface area contributed by atoms with Crippen LogP contribution in [0, 0.1) is 13.8 Å². The summed E-state index contributed by atoms with van der Waals surface area (Å²) in [5, 5.41) is 3.30. The highest BCUT2D eigenvalue weighted by atomic mass is 35.5. The van der Waals surface area contributed by atoms with E-state index < -0.39 is 0 Å². The fraction of sp³-hybridized carbons (Fsp3) is 0.263. The van der Waals surface area contributed by atoms with Crippen molar-refractivity contribution in [1.29, 1.82) is 0 Å². The molecule has 0 unspecified atom stereocenters. The highest BCUT2D eigenvalue weighted by Crippen LogP contribution is 2.20. The van der Waals surface area contributed by atoms with Crippen molar-refractivity contribution in [1.82, 2.24) is 4.90 Å². The lowest BCUT2D eigenvalue weighted by Gasteiger charge is -2.20. The molecule has 2 aromatic carbocycles. The van der Waals surface area contributed by atoms with Gasteiger partial charge in [-0.05, 0) is 48.7 Å². The molecule has 1 aliphatic rings. The van der Waals surface area contributed by atoms with E-state index in [2.05, 4.69) is 28.5 Å². The number of nitrogens with one attached hydrogen (secondary N) is 1. The molecule has 0 spiro atoms. The molecule has 1 aliphatic heterocycles. The second-order valence-electron chi connectivity index (χ2n) is 5.91. The number of benzene rings is 2. The maximum atomic E-state index is 12.2. The minimum Gasteiger partial charge on any atom is -1.00 e. The molecule has 0 saturated heterocycles. The van der Waals surface area contributed by atoms with Crippen molar-refractivity contribution in [3.8, 4) is 5.75 Å². The third-order valence-electron chi connectivity index (χ3n) is 4.06. The maximum Gasteiger partial charge on any atom is 0.251 e. The molecule has 0 atom stereocenters. The number of carbonyl (C=O) groups is 1. The van der Waals surface area contributed by atoms with Crippen LogP contribution in [0.25, 0.3) is 0 Å². The first-order valence-electron chi connectivity index (χ1n) is 7.89. The Balaban J connectivity index is 0.00000225. The first-order valence-corrected chi connectivity index (χ1v) is 7.89. The summed E-state index contributed by atoms with van der Waals surface area (Å²) in [7, 11) is 1.64. The number of halogens is 1. The summed E-state index contributed by atoms with van der Waals surface area (Å²) in [5.41, 5.74) is 4.28. The van der Waals surface area contributed by atoms with E-state index in [0.29, 0.717) is 12.5 Å². The van der Waals surface area contributed by atoms with Crippen LogP contribution in [0.15, 0.2) is 47.5 Å². The van der Waals surface area contributed by atoms with Gasteiger partial charge in [0.25, 0.3) is 5.91 Å². The Kier molecular flexibility index (Phi) is 6.04. The molecule has 132 valence electrons. The number of nitrogens with zero attached hydrogens (tertiary/aromatic N) is 2. The number of aliphatic imine (C=N–C) groups is 1. The molecule has 0 saturated carbocycles. The van der Waals surface area contributed by atoms with Gasteiger partial charge in [0.2, 0.25) is 5.96 Å². The Bertz CT molecular complexity index is 788. The number of carbonyl (C=O) groups excluding carboxylic acids is 1. The zero-order valence-corrected chi connectivity index (χ0v) is 15.3. The molecule has 0 bridgehead atoms. The molecule has 6 heteroatoms. The molecule has 3 rings (SSSR count). The van der Waals surface area contributed by atoms with Crippen molar-refractivity contribution in [3.63, 3.8) is 0 Å². The van der Waals surface area contributed by atoms with E-state index in [9.17, 15) is 4.79 Å². The Hall–Kier alpha value is -2.53. The molecule has 0 radical (unpaired) electrons. The molecule has 1 heterocycles. The molecule has 5 nitrogen and oxygen atoms in total. The number of anilines is 1. The normalized spacial score (nSPS) is 13.3. The number of hydrogen-bond donors (Lipinski definition) is 1. The van der Waals surface area contributed by atoms with Gasteiger partial charge in [-0.25, -0.2) is 4.99 Å². The van der Waals surface area contributed by atoms with Crippen LogP contribution in [0.3, 0.4) is 0 Å². The average Bonchev–Trinajstić information content (AvgIpc) is 2.92. The summed E-state index contributed by atoms with van der Waals surface area (Å²) >= 11 is 0. The molecule has 0 aromatic heterocycles. The number of hydrogen-bond acceptors (Lipinski definition) is 4. The van der Waals surface area contributed by atoms with Crippen LogP contribution in [-0.2, 0) is 11.3 Å². The highest BCUT2D eigenvalue weighted by molar-refractivity contribution is 6.09. The van der Waals surface area contributed by atoms with Crippen molar-refractivity contribution < 1.29 is 21.9 Å². The van der Waals surface area contributed by atoms with Crippen LogP contribution < -0.4 is 22.5 Å². The third kappa shape index (κ3) is 4.31. The Morgan fingerprint density at radius 3 is 2.56 bits per heavy atom. The smallest absolute Gasteiger partial charge is 0.251 e. The largest absolute Gasteiger partial charge is 1.00 e. The van der Waals surface area contributed by atoms with Crippen molar-refractivity contribution in [2.24, 2.45) is 4.99 Å². The van der Waals surface area contributed by atoms with E-state index in [1.807, 2.05) is 38.1 Å². The monoisotopic (exact) mass is 358 g/mol. The van der Waals surface area contributed by atoms with E-state index in [1.54, 1.807) is 12.0 Å². The third-order valence-corrected chi connectivity index (χ3v) is 4.06. The lowest BCUT2D eigenvalue weighted by atomic mass is 10.1. The van der Waals surface area contributed by atoms with E-state index in [1.165, 1.54) is 0 Å². The van der Waals surface area contributed by atoms with Crippen LogP contribution in [0.1, 0.15) is 16.7 Å². The van der Waals surface area contributed by atoms with Crippen LogP contribution in [0.5, 0.6) is 5.75 Å². The lowest BCUT2D eigenvalue weighted by Crippen LogP contribution is -3.00. The predicted octanol–water partition coefficient (Wildman–Crippen LogP) is 0.126. The zero-order valence-electron chi connectivity index (χ0n) is 14.5. The van der Waals surface area contributed by atoms with Gasteiger partial charge >= 0.3 is 0 Å². The number of aryl methyl sites for hydroxylation is 2. The quantitative estimate of drug-likeness (QED) is 0.845. The summed E-state index contributed by atoms with van der Waals surface area (Å²) in [6.45, 7) is 4.75. The SMILES string of the molecule is COc1ccc(CN2C(=O)CN=C2Nc2cc(C)ccc2C)cc1.[Cl-]. The molecular weight excluding hydrogens is 338 g/mol. The van der Waals surface area contributed by atoms with E-state index in [0.717, 1.165) is 28.1 Å². The van der Waals surface area contributed by atoms with Gasteiger partial charge in [0, 0.05) is 5.69 Å². The second-order valence-corrected chi connectivity index (χ2v) is 5.91. The Morgan fingerprint density at radius 1 is 1.16 bits per heavy atom. The summed E-state index contributed by atoms with van der Waals surface area (Å²) in [6.07, 6.45) is 0. The number of amides is 1. The van der Waals surface area contributed by atoms with Crippen molar-refractivity contribution in [3.05, 3.63) is 59.2 Å². The molecule has 2 aromatic rings. The number of rotatable bonds is 4. The first-order chi connectivity index (χ1) is 11.6. The number of guanidine groups is 1. The van der Waals surface area contributed by atoms with Gasteiger partial charge in [-0.2, -0.15) is 0 Å². The van der Waals surface area contributed by atoms with Crippen LogP contribution >= 0.6 is 0 Å². The molecule has 1 N–H and O–H groups in total. The van der Waals surface area contributed by atoms with Crippen LogP contribution in [0.4, 0.5) is 5.69 Å². The van der Waals surface area contributed by atoms with Crippen molar-refractivity contribution >= 4 is 17.6 Å². The van der Waals surface area contributed by atoms with Crippen molar-refractivity contribution in [2.45, 2.75) is 20.4 Å². The van der Waals surface area contributed by atoms with Gasteiger partial charge < -0.3 is 22.5 Å². The summed E-state index contributed by atoms with van der Waals surface area (Å²) in [4.78, 5) is 18.2. The van der Waals surface area contributed by atoms with E-state index >= 15 is 0 Å². The van der Waals surface area contributed by atoms with Gasteiger partial charge in [0.05, 0.1) is 13.7 Å². The van der Waals surface area contributed by atoms with Gasteiger partial charge in [-0.3, -0.25) is 9.69 Å². The maximum absolute atomic E-state index is 12.2. The Labute approximate surface area is 154 Å². The van der Waals surface area contributed by atoms with Gasteiger partial charge in [0.1, 0.15) is 12.3 Å². The highest BCUT2D eigenvalue weighted by Gasteiger charge is 2.26. The molecule has 25 heavy (non-hydrogen) atoms. The van der Waals surface area contributed by atoms with Crippen molar-refractivity contribution in [2.75, 3.05) is 19.0 Å². The summed E-state index contributed by atoms with van der Waals surface area (Å²) in [5.74, 6) is 1.40. The number of methoxy groups -OCH3 is 1. The summed E-state index contributed by atoms with van der Waals surface area (Å²) in [6, 6.07) is 13.9. The van der Waals surface area contributed by atoms with Gasteiger partial charge in [-0.1, -0.05) is 24.3 Å². The fourth-order valence-electron chi connectivity index (χ4n) is 2.61. The predicted molar refractivity (Wildman–Crippen MR) is 95.4 cm³/mol. The molecular formula is C19H21ClN3O2-.